The van der Waals surface area contributed by atoms with Crippen LogP contribution in [0.2, 0.25) is 0 Å². The third-order valence-corrected chi connectivity index (χ3v) is 1.63. The van der Waals surface area contributed by atoms with Crippen LogP contribution in [0.1, 0.15) is 13.3 Å². The first-order valence-corrected chi connectivity index (χ1v) is 4.35. The third-order valence-electron chi connectivity index (χ3n) is 1.63. The number of hydrogen-bond acceptors (Lipinski definition) is 3. The summed E-state index contributed by atoms with van der Waals surface area (Å²) in [4.78, 5) is 11.2. The van der Waals surface area contributed by atoms with Gasteiger partial charge in [-0.05, 0) is 31.2 Å². The van der Waals surface area contributed by atoms with Gasteiger partial charge < -0.3 is 15.5 Å². The van der Waals surface area contributed by atoms with E-state index < -0.39 is 6.10 Å². The van der Waals surface area contributed by atoms with E-state index in [2.05, 4.69) is 5.32 Å². The van der Waals surface area contributed by atoms with Crippen LogP contribution >= 0.6 is 0 Å². The Morgan fingerprint density at radius 2 is 2.00 bits per heavy atom. The van der Waals surface area contributed by atoms with Crippen LogP contribution in [-0.2, 0) is 4.79 Å². The number of amides is 1. The predicted molar refractivity (Wildman–Crippen MR) is 53.0 cm³/mol. The molecule has 1 rings (SSSR count). The number of aliphatic hydroxyl groups is 1. The molecule has 0 fully saturated rings. The average molecular weight is 195 g/mol. The smallest absolute Gasteiger partial charge is 0.226 e. The number of aromatic hydroxyl groups is 1. The second-order valence-corrected chi connectivity index (χ2v) is 3.15. The second-order valence-electron chi connectivity index (χ2n) is 3.15. The fourth-order valence-corrected chi connectivity index (χ4v) is 1.03. The molecule has 0 saturated heterocycles. The van der Waals surface area contributed by atoms with Crippen molar-refractivity contribution in [2.24, 2.45) is 0 Å². The molecule has 1 amide bonds. The second kappa shape index (κ2) is 4.62. The van der Waals surface area contributed by atoms with Crippen LogP contribution in [-0.4, -0.2) is 22.2 Å². The van der Waals surface area contributed by atoms with E-state index in [-0.39, 0.29) is 18.1 Å². The standard InChI is InChI=1S/C10H13NO3/c1-7(12)6-10(14)11-8-2-4-9(13)5-3-8/h2-5,7,12-13H,6H2,1H3,(H,11,14). The highest BCUT2D eigenvalue weighted by Gasteiger charge is 2.05. The monoisotopic (exact) mass is 195 g/mol. The molecule has 1 aromatic rings. The normalized spacial score (nSPS) is 12.1. The van der Waals surface area contributed by atoms with Gasteiger partial charge in [0, 0.05) is 5.69 Å². The van der Waals surface area contributed by atoms with Crippen molar-refractivity contribution < 1.29 is 15.0 Å². The van der Waals surface area contributed by atoms with E-state index in [0.29, 0.717) is 5.69 Å². The lowest BCUT2D eigenvalue weighted by molar-refractivity contribution is -0.117. The van der Waals surface area contributed by atoms with Crippen molar-refractivity contribution >= 4 is 11.6 Å². The number of carbonyl (C=O) groups excluding carboxylic acids is 1. The first-order valence-electron chi connectivity index (χ1n) is 4.35. The van der Waals surface area contributed by atoms with E-state index >= 15 is 0 Å². The molecule has 76 valence electrons. The minimum atomic E-state index is -0.646. The van der Waals surface area contributed by atoms with Gasteiger partial charge in [-0.15, -0.1) is 0 Å². The SMILES string of the molecule is CC(O)CC(=O)Nc1ccc(O)cc1. The third kappa shape index (κ3) is 3.45. The fourth-order valence-electron chi connectivity index (χ4n) is 1.03. The number of phenols is 1. The summed E-state index contributed by atoms with van der Waals surface area (Å²) >= 11 is 0. The van der Waals surface area contributed by atoms with Crippen molar-refractivity contribution in [3.8, 4) is 5.75 Å². The Morgan fingerprint density at radius 1 is 1.43 bits per heavy atom. The quantitative estimate of drug-likeness (QED) is 0.632. The molecule has 0 aromatic heterocycles. The highest BCUT2D eigenvalue weighted by Crippen LogP contribution is 2.13. The summed E-state index contributed by atoms with van der Waals surface area (Å²) in [5.41, 5.74) is 0.605. The van der Waals surface area contributed by atoms with E-state index in [4.69, 9.17) is 10.2 Å². The highest BCUT2D eigenvalue weighted by molar-refractivity contribution is 5.90. The van der Waals surface area contributed by atoms with Crippen molar-refractivity contribution in [2.75, 3.05) is 5.32 Å². The molecule has 0 saturated carbocycles. The molecular weight excluding hydrogens is 182 g/mol. The van der Waals surface area contributed by atoms with Crippen molar-refractivity contribution in [1.82, 2.24) is 0 Å². The Hall–Kier alpha value is -1.55. The summed E-state index contributed by atoms with van der Waals surface area (Å²) in [6.45, 7) is 1.55. The summed E-state index contributed by atoms with van der Waals surface area (Å²) in [6, 6.07) is 6.15. The van der Waals surface area contributed by atoms with Gasteiger partial charge in [0.15, 0.2) is 0 Å². The van der Waals surface area contributed by atoms with Gasteiger partial charge in [-0.3, -0.25) is 4.79 Å². The molecule has 0 spiro atoms. The molecule has 0 heterocycles. The molecule has 4 nitrogen and oxygen atoms in total. The first kappa shape index (κ1) is 10.5. The Kier molecular flexibility index (Phi) is 3.48. The molecule has 1 unspecified atom stereocenters. The Morgan fingerprint density at radius 3 is 2.50 bits per heavy atom. The maximum absolute atomic E-state index is 11.2. The Labute approximate surface area is 82.2 Å². The van der Waals surface area contributed by atoms with Gasteiger partial charge >= 0.3 is 0 Å². The lowest BCUT2D eigenvalue weighted by atomic mass is 10.2. The largest absolute Gasteiger partial charge is 0.508 e. The zero-order valence-electron chi connectivity index (χ0n) is 7.90. The van der Waals surface area contributed by atoms with Crippen molar-refractivity contribution in [3.05, 3.63) is 24.3 Å². The number of benzene rings is 1. The minimum Gasteiger partial charge on any atom is -0.508 e. The molecule has 0 bridgehead atoms. The van der Waals surface area contributed by atoms with Crippen LogP contribution in [0, 0.1) is 0 Å². The van der Waals surface area contributed by atoms with Crippen molar-refractivity contribution in [1.29, 1.82) is 0 Å². The summed E-state index contributed by atoms with van der Waals surface area (Å²) < 4.78 is 0. The van der Waals surface area contributed by atoms with E-state index in [1.54, 1.807) is 19.1 Å². The number of carbonyl (C=O) groups is 1. The maximum Gasteiger partial charge on any atom is 0.226 e. The number of rotatable bonds is 3. The summed E-state index contributed by atoms with van der Waals surface area (Å²) in [6.07, 6.45) is -0.576. The van der Waals surface area contributed by atoms with Crippen LogP contribution in [0.15, 0.2) is 24.3 Å². The van der Waals surface area contributed by atoms with E-state index in [1.807, 2.05) is 0 Å². The van der Waals surface area contributed by atoms with E-state index in [9.17, 15) is 4.79 Å². The molecule has 0 aliphatic heterocycles. The zero-order chi connectivity index (χ0) is 10.6. The molecular formula is C10H13NO3. The molecule has 3 N–H and O–H groups in total. The van der Waals surface area contributed by atoms with Crippen LogP contribution in [0.5, 0.6) is 5.75 Å². The molecule has 0 radical (unpaired) electrons. The van der Waals surface area contributed by atoms with Gasteiger partial charge in [0.2, 0.25) is 5.91 Å². The Balaban J connectivity index is 2.52. The van der Waals surface area contributed by atoms with Crippen molar-refractivity contribution in [2.45, 2.75) is 19.4 Å². The van der Waals surface area contributed by atoms with Gasteiger partial charge in [0.05, 0.1) is 12.5 Å². The molecule has 14 heavy (non-hydrogen) atoms. The van der Waals surface area contributed by atoms with Gasteiger partial charge in [0.25, 0.3) is 0 Å². The van der Waals surface area contributed by atoms with Gasteiger partial charge in [0.1, 0.15) is 5.75 Å². The molecule has 1 atom stereocenters. The average Bonchev–Trinajstić information content (AvgIpc) is 2.07. The number of hydrogen-bond donors (Lipinski definition) is 3. The lowest BCUT2D eigenvalue weighted by Crippen LogP contribution is -2.17. The van der Waals surface area contributed by atoms with E-state index in [0.717, 1.165) is 0 Å². The fraction of sp³-hybridized carbons (Fsp3) is 0.300. The van der Waals surface area contributed by atoms with Crippen LogP contribution in [0.25, 0.3) is 0 Å². The molecule has 0 aliphatic carbocycles. The lowest BCUT2D eigenvalue weighted by Gasteiger charge is -2.06. The summed E-state index contributed by atoms with van der Waals surface area (Å²) in [5.74, 6) is -0.0933. The Bertz CT molecular complexity index is 306. The topological polar surface area (TPSA) is 69.6 Å². The summed E-state index contributed by atoms with van der Waals surface area (Å²) in [5, 5.41) is 20.5. The number of aliphatic hydroxyl groups excluding tert-OH is 1. The zero-order valence-corrected chi connectivity index (χ0v) is 7.90. The molecule has 4 heteroatoms. The minimum absolute atomic E-state index is 0.0703. The van der Waals surface area contributed by atoms with Crippen LogP contribution in [0.4, 0.5) is 5.69 Å². The number of phenolic OH excluding ortho intramolecular Hbond substituents is 1. The maximum atomic E-state index is 11.2. The summed E-state index contributed by atoms with van der Waals surface area (Å²) in [7, 11) is 0. The number of anilines is 1. The molecule has 0 aliphatic rings. The van der Waals surface area contributed by atoms with Gasteiger partial charge in [-0.25, -0.2) is 0 Å². The van der Waals surface area contributed by atoms with Crippen molar-refractivity contribution in [3.63, 3.8) is 0 Å². The van der Waals surface area contributed by atoms with Gasteiger partial charge in [-0.2, -0.15) is 0 Å². The predicted octanol–water partition coefficient (Wildman–Crippen LogP) is 1.10. The first-order chi connectivity index (χ1) is 6.58. The van der Waals surface area contributed by atoms with E-state index in [1.165, 1.54) is 12.1 Å². The van der Waals surface area contributed by atoms with Crippen LogP contribution in [0.3, 0.4) is 0 Å². The van der Waals surface area contributed by atoms with Gasteiger partial charge in [-0.1, -0.05) is 0 Å². The highest BCUT2D eigenvalue weighted by atomic mass is 16.3. The number of nitrogens with one attached hydrogen (secondary N) is 1. The van der Waals surface area contributed by atoms with Crippen LogP contribution < -0.4 is 5.32 Å². The molecule has 1 aromatic carbocycles.